The van der Waals surface area contributed by atoms with E-state index >= 15 is 0 Å². The van der Waals surface area contributed by atoms with Crippen LogP contribution in [-0.2, 0) is 16.1 Å². The van der Waals surface area contributed by atoms with Crippen LogP contribution in [0.1, 0.15) is 26.5 Å². The summed E-state index contributed by atoms with van der Waals surface area (Å²) < 4.78 is 6.45. The molecule has 0 radical (unpaired) electrons. The molecule has 1 aromatic carbocycles. The number of nitrogens with zero attached hydrogens (tertiary/aromatic N) is 2. The van der Waals surface area contributed by atoms with Crippen molar-refractivity contribution >= 4 is 33.4 Å². The van der Waals surface area contributed by atoms with Crippen LogP contribution in [0.15, 0.2) is 30.3 Å². The smallest absolute Gasteiger partial charge is 0.330 e. The number of aliphatic hydroxyl groups is 1. The average molecular weight is 387 g/mol. The Morgan fingerprint density at radius 3 is 2.63 bits per heavy atom. The zero-order valence-electron chi connectivity index (χ0n) is 15.4. The summed E-state index contributed by atoms with van der Waals surface area (Å²) in [4.78, 5) is 25.4. The summed E-state index contributed by atoms with van der Waals surface area (Å²) in [6.07, 6.45) is 0. The molecule has 8 heteroatoms. The number of esters is 1. The van der Waals surface area contributed by atoms with E-state index < -0.39 is 24.5 Å². The molecule has 0 bridgehead atoms. The maximum absolute atomic E-state index is 12.5. The summed E-state index contributed by atoms with van der Waals surface area (Å²) in [6.45, 7) is 4.02. The molecule has 0 aliphatic carbocycles. The summed E-state index contributed by atoms with van der Waals surface area (Å²) >= 11 is 1.30. The van der Waals surface area contributed by atoms with Crippen LogP contribution in [-0.4, -0.2) is 46.5 Å². The van der Waals surface area contributed by atoms with Crippen LogP contribution in [0.3, 0.4) is 0 Å². The highest BCUT2D eigenvalue weighted by molar-refractivity contribution is 7.20. The fraction of sp³-hybridized carbons (Fsp3) is 0.316. The normalized spacial score (nSPS) is 12.1. The van der Waals surface area contributed by atoms with Gasteiger partial charge in [0.1, 0.15) is 4.83 Å². The van der Waals surface area contributed by atoms with Gasteiger partial charge in [0.05, 0.1) is 30.8 Å². The molecule has 2 N–H and O–H groups in total. The third-order valence-electron chi connectivity index (χ3n) is 4.26. The third kappa shape index (κ3) is 4.01. The van der Waals surface area contributed by atoms with Gasteiger partial charge in [0.15, 0.2) is 6.04 Å². The highest BCUT2D eigenvalue weighted by Gasteiger charge is 2.23. The van der Waals surface area contributed by atoms with Gasteiger partial charge in [0.2, 0.25) is 0 Å². The lowest BCUT2D eigenvalue weighted by molar-refractivity contribution is -0.143. The van der Waals surface area contributed by atoms with Crippen LogP contribution in [0.25, 0.3) is 10.2 Å². The first-order chi connectivity index (χ1) is 12.9. The predicted octanol–water partition coefficient (Wildman–Crippen LogP) is 2.03. The lowest BCUT2D eigenvalue weighted by Crippen LogP contribution is -2.43. The molecule has 1 atom stereocenters. The van der Waals surface area contributed by atoms with Gasteiger partial charge in [-0.05, 0) is 25.5 Å². The second-order valence-corrected chi connectivity index (χ2v) is 7.32. The molecule has 27 heavy (non-hydrogen) atoms. The molecule has 0 aliphatic rings. The van der Waals surface area contributed by atoms with Crippen molar-refractivity contribution in [2.45, 2.75) is 26.4 Å². The van der Waals surface area contributed by atoms with E-state index in [-0.39, 0.29) is 0 Å². The first-order valence-corrected chi connectivity index (χ1v) is 9.26. The van der Waals surface area contributed by atoms with Crippen molar-refractivity contribution in [1.82, 2.24) is 15.1 Å². The number of ether oxygens (including phenoxy) is 1. The van der Waals surface area contributed by atoms with Gasteiger partial charge in [0.25, 0.3) is 5.91 Å². The number of hydrogen-bond donors (Lipinski definition) is 2. The first-order valence-electron chi connectivity index (χ1n) is 8.45. The van der Waals surface area contributed by atoms with E-state index in [2.05, 4.69) is 39.4 Å². The number of amides is 1. The van der Waals surface area contributed by atoms with Gasteiger partial charge in [-0.25, -0.2) is 4.79 Å². The number of carbonyl (C=O) groups is 2. The van der Waals surface area contributed by atoms with Gasteiger partial charge in [-0.15, -0.1) is 11.3 Å². The first kappa shape index (κ1) is 19.1. The van der Waals surface area contributed by atoms with Crippen LogP contribution >= 0.6 is 11.3 Å². The van der Waals surface area contributed by atoms with Crippen molar-refractivity contribution in [1.29, 1.82) is 0 Å². The van der Waals surface area contributed by atoms with E-state index in [1.54, 1.807) is 6.07 Å². The predicted molar refractivity (Wildman–Crippen MR) is 103 cm³/mol. The molecule has 1 amide bonds. The van der Waals surface area contributed by atoms with Crippen molar-refractivity contribution in [3.63, 3.8) is 0 Å². The van der Waals surface area contributed by atoms with Crippen molar-refractivity contribution < 1.29 is 19.4 Å². The van der Waals surface area contributed by atoms with Gasteiger partial charge in [-0.1, -0.05) is 29.8 Å². The minimum Gasteiger partial charge on any atom is -0.467 e. The number of nitrogens with one attached hydrogen (secondary N) is 1. The second kappa shape index (κ2) is 7.89. The van der Waals surface area contributed by atoms with Crippen molar-refractivity contribution in [2.75, 3.05) is 13.7 Å². The minimum absolute atomic E-state index is 0.429. The Bertz CT molecular complexity index is 975. The number of fused-ring (bicyclic) bond motifs is 1. The molecular weight excluding hydrogens is 366 g/mol. The van der Waals surface area contributed by atoms with E-state index in [0.29, 0.717) is 11.4 Å². The Labute approximate surface area is 160 Å². The van der Waals surface area contributed by atoms with Crippen LogP contribution in [0.2, 0.25) is 0 Å². The highest BCUT2D eigenvalue weighted by Crippen LogP contribution is 2.29. The molecule has 0 unspecified atom stereocenters. The molecule has 0 fully saturated rings. The van der Waals surface area contributed by atoms with E-state index in [1.165, 1.54) is 24.0 Å². The number of aliphatic hydroxyl groups excluding tert-OH is 1. The Hall–Kier alpha value is -2.71. The van der Waals surface area contributed by atoms with Crippen LogP contribution < -0.4 is 5.32 Å². The van der Waals surface area contributed by atoms with Crippen LogP contribution in [0, 0.1) is 13.8 Å². The van der Waals surface area contributed by atoms with Crippen LogP contribution in [0.4, 0.5) is 0 Å². The highest BCUT2D eigenvalue weighted by atomic mass is 32.1. The molecular formula is C19H21N3O4S. The van der Waals surface area contributed by atoms with Gasteiger partial charge in [-0.2, -0.15) is 5.10 Å². The third-order valence-corrected chi connectivity index (χ3v) is 5.40. The lowest BCUT2D eigenvalue weighted by atomic mass is 10.1. The fourth-order valence-corrected chi connectivity index (χ4v) is 3.81. The summed E-state index contributed by atoms with van der Waals surface area (Å²) in [5.41, 5.74) is 3.15. The maximum atomic E-state index is 12.5. The number of carbonyl (C=O) groups excluding carboxylic acids is 2. The number of benzene rings is 1. The summed E-state index contributed by atoms with van der Waals surface area (Å²) in [6, 6.07) is 8.90. The molecule has 2 aromatic heterocycles. The van der Waals surface area contributed by atoms with Crippen molar-refractivity contribution in [3.05, 3.63) is 52.0 Å². The Morgan fingerprint density at radius 1 is 1.30 bits per heavy atom. The molecule has 0 spiro atoms. The topological polar surface area (TPSA) is 93.4 Å². The number of hydrogen-bond acceptors (Lipinski definition) is 6. The minimum atomic E-state index is -1.09. The number of thiophene rings is 1. The summed E-state index contributed by atoms with van der Waals surface area (Å²) in [5.74, 6) is -1.12. The monoisotopic (exact) mass is 387 g/mol. The van der Waals surface area contributed by atoms with E-state index in [0.717, 1.165) is 21.5 Å². The van der Waals surface area contributed by atoms with Gasteiger partial charge in [-0.3, -0.25) is 9.48 Å². The molecule has 0 saturated heterocycles. The maximum Gasteiger partial charge on any atom is 0.330 e. The molecule has 3 rings (SSSR count). The van der Waals surface area contributed by atoms with Gasteiger partial charge < -0.3 is 15.2 Å². The van der Waals surface area contributed by atoms with E-state index in [4.69, 9.17) is 0 Å². The molecule has 0 saturated carbocycles. The van der Waals surface area contributed by atoms with E-state index in [1.807, 2.05) is 18.5 Å². The number of rotatable bonds is 6. The fourth-order valence-electron chi connectivity index (χ4n) is 2.75. The second-order valence-electron chi connectivity index (χ2n) is 6.29. The standard InChI is InChI=1S/C19H21N3O4S/c1-11-4-6-13(7-5-11)9-22-18-14(12(2)21-22)8-16(27-18)17(24)20-15(10-23)19(25)26-3/h4-8,15,23H,9-10H2,1-3H3,(H,20,24)/t15-/m1/s1. The zero-order chi connectivity index (χ0) is 19.6. The van der Waals surface area contributed by atoms with E-state index in [9.17, 15) is 14.7 Å². The molecule has 7 nitrogen and oxygen atoms in total. The molecule has 0 aliphatic heterocycles. The number of aromatic nitrogens is 2. The molecule has 142 valence electrons. The average Bonchev–Trinajstić information content (AvgIpc) is 3.22. The SMILES string of the molecule is COC(=O)[C@@H](CO)NC(=O)c1cc2c(C)nn(Cc3ccc(C)cc3)c2s1. The number of methoxy groups -OCH3 is 1. The molecule has 2 heterocycles. The quantitative estimate of drug-likeness (QED) is 0.631. The molecule has 3 aromatic rings. The summed E-state index contributed by atoms with van der Waals surface area (Å²) in [7, 11) is 1.21. The Morgan fingerprint density at radius 2 is 2.00 bits per heavy atom. The van der Waals surface area contributed by atoms with Crippen molar-refractivity contribution in [3.8, 4) is 0 Å². The Balaban J connectivity index is 1.85. The summed E-state index contributed by atoms with van der Waals surface area (Å²) in [5, 5.41) is 17.2. The van der Waals surface area contributed by atoms with Gasteiger partial charge >= 0.3 is 5.97 Å². The number of aryl methyl sites for hydroxylation is 2. The largest absolute Gasteiger partial charge is 0.467 e. The van der Waals surface area contributed by atoms with Crippen molar-refractivity contribution in [2.24, 2.45) is 0 Å². The lowest BCUT2D eigenvalue weighted by Gasteiger charge is -2.12. The Kier molecular flexibility index (Phi) is 5.57. The zero-order valence-corrected chi connectivity index (χ0v) is 16.2. The van der Waals surface area contributed by atoms with Gasteiger partial charge in [0, 0.05) is 5.39 Å². The van der Waals surface area contributed by atoms with Crippen LogP contribution in [0.5, 0.6) is 0 Å².